The van der Waals surface area contributed by atoms with Crippen LogP contribution in [0.15, 0.2) is 0 Å². The molecule has 0 bridgehead atoms. The van der Waals surface area contributed by atoms with E-state index in [-0.39, 0.29) is 96.7 Å². The molecule has 0 aliphatic rings. The predicted octanol–water partition coefficient (Wildman–Crippen LogP) is -5.31. The molecule has 0 unspecified atom stereocenters. The van der Waals surface area contributed by atoms with E-state index in [9.17, 15) is 14.2 Å². The van der Waals surface area contributed by atoms with Crippen LogP contribution in [0.25, 0.3) is 0 Å². The summed E-state index contributed by atoms with van der Waals surface area (Å²) >= 11 is 0. The third-order valence-electron chi connectivity index (χ3n) is 1.65. The molecular formula is C4H22CaNNaO10P2. The minimum absolute atomic E-state index is 0. The standard InChI is InChI=1S/C4H13NO7P2.Ca.Na.3H2O.3H/c5-3-1-2-4(6,13(7,8)9)14(10,11)12;;;;;;;;/h6H,1-3,5H2,(H2,7,8,9)(H2,10,11,12);;;3*1H2;;;. The van der Waals surface area contributed by atoms with Crippen LogP contribution < -0.4 is 5.73 Å². The van der Waals surface area contributed by atoms with E-state index in [2.05, 4.69) is 0 Å². The van der Waals surface area contributed by atoms with Crippen molar-refractivity contribution in [3.8, 4) is 0 Å². The van der Waals surface area contributed by atoms with Gasteiger partial charge in [0.2, 0.25) is 0 Å². The molecule has 0 aliphatic carbocycles. The fourth-order valence-corrected chi connectivity index (χ4v) is 3.06. The van der Waals surface area contributed by atoms with Gasteiger partial charge in [0.15, 0.2) is 0 Å². The minimum atomic E-state index is -5.30. The van der Waals surface area contributed by atoms with Gasteiger partial charge in [-0.05, 0) is 13.0 Å². The number of hydrogen-bond acceptors (Lipinski definition) is 4. The normalized spacial score (nSPS) is 10.6. The van der Waals surface area contributed by atoms with Crippen LogP contribution in [0.2, 0.25) is 0 Å². The van der Waals surface area contributed by atoms with E-state index in [4.69, 9.17) is 25.3 Å². The number of nitrogens with two attached hydrogens (primary N) is 1. The first-order valence-electron chi connectivity index (χ1n) is 3.60. The fourth-order valence-electron chi connectivity index (χ4n) is 0.800. The molecule has 0 radical (unpaired) electrons. The molecule has 0 atom stereocenters. The van der Waals surface area contributed by atoms with E-state index in [0.717, 1.165) is 0 Å². The summed E-state index contributed by atoms with van der Waals surface area (Å²) < 4.78 is 21.4. The van der Waals surface area contributed by atoms with Crippen molar-refractivity contribution in [1.29, 1.82) is 0 Å². The average molecular weight is 369 g/mol. The topological polar surface area (TPSA) is 256 Å². The molecule has 0 aromatic rings. The zero-order chi connectivity index (χ0) is 11.6. The number of rotatable bonds is 5. The van der Waals surface area contributed by atoms with Gasteiger partial charge in [0.25, 0.3) is 5.08 Å². The van der Waals surface area contributed by atoms with Crippen LogP contribution >= 0.6 is 15.2 Å². The Balaban J connectivity index is -0.0000000845. The van der Waals surface area contributed by atoms with Crippen LogP contribution in [-0.4, -0.2) is 120 Å². The monoisotopic (exact) mass is 369 g/mol. The second-order valence-electron chi connectivity index (χ2n) is 2.75. The molecule has 0 aromatic carbocycles. The average Bonchev–Trinajstić information content (AvgIpc) is 1.95. The Morgan fingerprint density at radius 1 is 0.947 bits per heavy atom. The molecule has 0 rings (SSSR count). The van der Waals surface area contributed by atoms with Crippen molar-refractivity contribution in [3.05, 3.63) is 0 Å². The van der Waals surface area contributed by atoms with Gasteiger partial charge < -0.3 is 46.8 Å². The van der Waals surface area contributed by atoms with Crippen LogP contribution in [0.4, 0.5) is 0 Å². The summed E-state index contributed by atoms with van der Waals surface area (Å²) in [4.78, 5) is 34.5. The third-order valence-corrected chi connectivity index (χ3v) is 5.53. The van der Waals surface area contributed by atoms with Crippen LogP contribution in [0, 0.1) is 0 Å². The Bertz CT molecular complexity index is 271. The molecule has 19 heavy (non-hydrogen) atoms. The van der Waals surface area contributed by atoms with Gasteiger partial charge in [0, 0.05) is 6.42 Å². The SMILES string of the molecule is NCCCC(O)(P(=O)(O)O)P(=O)(O)O.O.O.O.[CaH2].[NaH]. The Hall–Kier alpha value is 2.36. The van der Waals surface area contributed by atoms with Gasteiger partial charge >= 0.3 is 82.5 Å². The van der Waals surface area contributed by atoms with Gasteiger partial charge in [-0.1, -0.05) is 0 Å². The van der Waals surface area contributed by atoms with Crippen molar-refractivity contribution in [1.82, 2.24) is 0 Å². The molecule has 0 aliphatic heterocycles. The van der Waals surface area contributed by atoms with Gasteiger partial charge in [-0.15, -0.1) is 0 Å². The van der Waals surface area contributed by atoms with Crippen LogP contribution in [-0.2, 0) is 9.13 Å². The van der Waals surface area contributed by atoms with Crippen LogP contribution in [0.5, 0.6) is 0 Å². The molecule has 116 valence electrons. The van der Waals surface area contributed by atoms with Gasteiger partial charge in [-0.2, -0.15) is 0 Å². The quantitative estimate of drug-likeness (QED) is 0.201. The maximum atomic E-state index is 10.7. The first-order chi connectivity index (χ1) is 6.06. The van der Waals surface area contributed by atoms with Crippen LogP contribution in [0.1, 0.15) is 12.8 Å². The van der Waals surface area contributed by atoms with E-state index >= 15 is 0 Å². The molecule has 0 saturated heterocycles. The molecule has 0 spiro atoms. The Labute approximate surface area is 161 Å². The molecule has 0 aromatic heterocycles. The maximum absolute atomic E-state index is 10.7. The van der Waals surface area contributed by atoms with Crippen molar-refractivity contribution in [2.24, 2.45) is 5.73 Å². The predicted molar refractivity (Wildman–Crippen MR) is 73.9 cm³/mol. The zero-order valence-electron chi connectivity index (χ0n) is 8.65. The van der Waals surface area contributed by atoms with E-state index in [0.29, 0.717) is 0 Å². The zero-order valence-corrected chi connectivity index (χ0v) is 10.4. The van der Waals surface area contributed by atoms with E-state index in [1.807, 2.05) is 0 Å². The molecule has 11 nitrogen and oxygen atoms in total. The summed E-state index contributed by atoms with van der Waals surface area (Å²) in [5.41, 5.74) is 5.01. The van der Waals surface area contributed by atoms with Gasteiger partial charge in [0.05, 0.1) is 0 Å². The van der Waals surface area contributed by atoms with Crippen LogP contribution in [0.3, 0.4) is 0 Å². The molecule has 15 heteroatoms. The molecule has 0 fully saturated rings. The van der Waals surface area contributed by atoms with Crippen molar-refractivity contribution < 1.29 is 50.2 Å². The summed E-state index contributed by atoms with van der Waals surface area (Å²) in [7, 11) is -10.6. The summed E-state index contributed by atoms with van der Waals surface area (Å²) in [6.07, 6.45) is -0.856. The summed E-state index contributed by atoms with van der Waals surface area (Å²) in [6, 6.07) is 0. The summed E-state index contributed by atoms with van der Waals surface area (Å²) in [6.45, 7) is -0.0394. The van der Waals surface area contributed by atoms with Gasteiger partial charge in [-0.25, -0.2) is 0 Å². The van der Waals surface area contributed by atoms with E-state index in [1.165, 1.54) is 0 Å². The summed E-state index contributed by atoms with van der Waals surface area (Å²) in [5, 5.41) is 5.91. The Kier molecular flexibility index (Phi) is 27.6. The molecule has 0 amide bonds. The van der Waals surface area contributed by atoms with E-state index in [1.54, 1.807) is 0 Å². The summed E-state index contributed by atoms with van der Waals surface area (Å²) in [5.74, 6) is 0. The van der Waals surface area contributed by atoms with Crippen molar-refractivity contribution >= 4 is 82.5 Å². The number of aliphatic hydroxyl groups is 1. The Morgan fingerprint density at radius 2 is 1.21 bits per heavy atom. The number of hydrogen-bond donors (Lipinski definition) is 6. The van der Waals surface area contributed by atoms with Crippen molar-refractivity contribution in [2.75, 3.05) is 6.54 Å². The van der Waals surface area contributed by atoms with Gasteiger partial charge in [0.1, 0.15) is 0 Å². The molecular weight excluding hydrogens is 347 g/mol. The second kappa shape index (κ2) is 14.0. The molecule has 0 heterocycles. The third kappa shape index (κ3) is 10.7. The van der Waals surface area contributed by atoms with E-state index < -0.39 is 26.7 Å². The first-order valence-corrected chi connectivity index (χ1v) is 6.82. The first kappa shape index (κ1) is 37.5. The van der Waals surface area contributed by atoms with Gasteiger partial charge in [-0.3, -0.25) is 9.13 Å². The van der Waals surface area contributed by atoms with Crippen molar-refractivity contribution in [2.45, 2.75) is 17.9 Å². The molecule has 0 saturated carbocycles. The molecule has 13 N–H and O–H groups in total. The fraction of sp³-hybridized carbons (Fsp3) is 1.00. The Morgan fingerprint density at radius 3 is 1.37 bits per heavy atom. The second-order valence-corrected chi connectivity index (χ2v) is 6.76. The van der Waals surface area contributed by atoms with Crippen molar-refractivity contribution in [3.63, 3.8) is 0 Å².